The molecule has 0 unspecified atom stereocenters. The molecule has 0 spiro atoms. The largest absolute Gasteiger partial charge is 0.309 e. The van der Waals surface area contributed by atoms with Gasteiger partial charge in [0.15, 0.2) is 0 Å². The Hall–Kier alpha value is -5.66. The van der Waals surface area contributed by atoms with Crippen LogP contribution in [0.5, 0.6) is 0 Å². The molecule has 1 aliphatic carbocycles. The monoisotopic (exact) mass is 543 g/mol. The SMILES string of the molecule is c1ccc(-n2c3ccc(-c4ccc5c(c4)-c4cccc6cccc-5c46)cc3c3c4ccccc4c4ccccc4c32)cc1. The van der Waals surface area contributed by atoms with Crippen molar-refractivity contribution >= 4 is 54.1 Å². The van der Waals surface area contributed by atoms with Crippen LogP contribution in [0.2, 0.25) is 0 Å². The van der Waals surface area contributed by atoms with Gasteiger partial charge in [-0.3, -0.25) is 0 Å². The maximum absolute atomic E-state index is 2.46. The average Bonchev–Trinajstić information content (AvgIpc) is 3.59. The van der Waals surface area contributed by atoms with Crippen LogP contribution in [-0.4, -0.2) is 4.57 Å². The molecule has 0 atom stereocenters. The quantitative estimate of drug-likeness (QED) is 0.191. The molecule has 198 valence electrons. The number of nitrogens with zero attached hydrogens (tertiary/aromatic N) is 1. The molecule has 0 N–H and O–H groups in total. The molecule has 1 heteroatoms. The highest BCUT2D eigenvalue weighted by atomic mass is 15.0. The van der Waals surface area contributed by atoms with Crippen LogP contribution < -0.4 is 0 Å². The van der Waals surface area contributed by atoms with E-state index in [0.29, 0.717) is 0 Å². The molecule has 0 aliphatic heterocycles. The zero-order chi connectivity index (χ0) is 28.1. The summed E-state index contributed by atoms with van der Waals surface area (Å²) in [4.78, 5) is 0. The fourth-order valence-electron chi connectivity index (χ4n) is 7.68. The lowest BCUT2D eigenvalue weighted by Gasteiger charge is -2.12. The average molecular weight is 544 g/mol. The molecular weight excluding hydrogens is 518 g/mol. The van der Waals surface area contributed by atoms with E-state index in [1.54, 1.807) is 0 Å². The molecule has 9 aromatic rings. The number of hydrogen-bond donors (Lipinski definition) is 0. The van der Waals surface area contributed by atoms with Crippen molar-refractivity contribution in [2.45, 2.75) is 0 Å². The van der Waals surface area contributed by atoms with E-state index in [4.69, 9.17) is 0 Å². The number of rotatable bonds is 2. The number of benzene rings is 8. The van der Waals surface area contributed by atoms with E-state index in [1.165, 1.54) is 93.2 Å². The summed E-state index contributed by atoms with van der Waals surface area (Å²) in [6.07, 6.45) is 0. The van der Waals surface area contributed by atoms with Crippen molar-refractivity contribution in [3.63, 3.8) is 0 Å². The van der Waals surface area contributed by atoms with Crippen LogP contribution in [0.4, 0.5) is 0 Å². The zero-order valence-electron chi connectivity index (χ0n) is 23.4. The topological polar surface area (TPSA) is 4.93 Å². The van der Waals surface area contributed by atoms with E-state index in [1.807, 2.05) is 0 Å². The van der Waals surface area contributed by atoms with Gasteiger partial charge >= 0.3 is 0 Å². The van der Waals surface area contributed by atoms with Gasteiger partial charge in [0.25, 0.3) is 0 Å². The van der Waals surface area contributed by atoms with Crippen molar-refractivity contribution in [1.82, 2.24) is 4.57 Å². The number of aromatic nitrogens is 1. The Bertz CT molecular complexity index is 2600. The third-order valence-electron chi connectivity index (χ3n) is 9.49. The summed E-state index contributed by atoms with van der Waals surface area (Å²) in [6, 6.07) is 55.9. The molecule has 0 fully saturated rings. The lowest BCUT2D eigenvalue weighted by molar-refractivity contribution is 1.19. The van der Waals surface area contributed by atoms with Gasteiger partial charge in [-0.25, -0.2) is 0 Å². The Morgan fingerprint density at radius 3 is 1.77 bits per heavy atom. The molecular formula is C42H25N. The minimum absolute atomic E-state index is 1.18. The van der Waals surface area contributed by atoms with Crippen molar-refractivity contribution in [3.8, 4) is 39.1 Å². The van der Waals surface area contributed by atoms with Crippen LogP contribution in [0.3, 0.4) is 0 Å². The minimum Gasteiger partial charge on any atom is -0.309 e. The van der Waals surface area contributed by atoms with Gasteiger partial charge in [-0.15, -0.1) is 0 Å². The highest BCUT2D eigenvalue weighted by molar-refractivity contribution is 6.32. The summed E-state index contributed by atoms with van der Waals surface area (Å²) in [5.74, 6) is 0. The second-order valence-electron chi connectivity index (χ2n) is 11.7. The predicted molar refractivity (Wildman–Crippen MR) is 183 cm³/mol. The molecule has 0 radical (unpaired) electrons. The Morgan fingerprint density at radius 2 is 0.977 bits per heavy atom. The fourth-order valence-corrected chi connectivity index (χ4v) is 7.68. The Kier molecular flexibility index (Phi) is 4.51. The van der Waals surface area contributed by atoms with E-state index in [9.17, 15) is 0 Å². The van der Waals surface area contributed by atoms with Crippen molar-refractivity contribution in [3.05, 3.63) is 152 Å². The van der Waals surface area contributed by atoms with E-state index < -0.39 is 0 Å². The normalized spacial score (nSPS) is 12.2. The maximum Gasteiger partial charge on any atom is 0.0625 e. The smallest absolute Gasteiger partial charge is 0.0625 e. The number of hydrogen-bond acceptors (Lipinski definition) is 0. The van der Waals surface area contributed by atoms with Crippen molar-refractivity contribution < 1.29 is 0 Å². The lowest BCUT2D eigenvalue weighted by atomic mass is 9.94. The lowest BCUT2D eigenvalue weighted by Crippen LogP contribution is -1.94. The Balaban J connectivity index is 1.30. The zero-order valence-corrected chi connectivity index (χ0v) is 23.4. The summed E-state index contributed by atoms with van der Waals surface area (Å²) < 4.78 is 2.46. The van der Waals surface area contributed by atoms with Gasteiger partial charge in [0.2, 0.25) is 0 Å². The van der Waals surface area contributed by atoms with Crippen molar-refractivity contribution in [2.24, 2.45) is 0 Å². The Labute approximate surface area is 248 Å². The van der Waals surface area contributed by atoms with Gasteiger partial charge in [0.05, 0.1) is 11.0 Å². The molecule has 10 rings (SSSR count). The van der Waals surface area contributed by atoms with Crippen LogP contribution in [0.1, 0.15) is 0 Å². The standard InChI is InChI=1S/C42H25N/c1-2-12-29(13-3-1)43-39-23-21-28(27-20-22-32-33-18-8-10-26-11-9-19-35(40(26)33)37(32)24-27)25-38(39)41-34-16-6-4-14-30(34)31-15-5-7-17-36(31)42(41)43/h1-25H. The molecule has 8 aromatic carbocycles. The van der Waals surface area contributed by atoms with Crippen molar-refractivity contribution in [2.75, 3.05) is 0 Å². The first kappa shape index (κ1) is 23.0. The van der Waals surface area contributed by atoms with E-state index >= 15 is 0 Å². The van der Waals surface area contributed by atoms with E-state index in [0.717, 1.165) is 0 Å². The van der Waals surface area contributed by atoms with Gasteiger partial charge in [-0.05, 0) is 90.6 Å². The van der Waals surface area contributed by atoms with Crippen LogP contribution in [0, 0.1) is 0 Å². The molecule has 0 saturated heterocycles. The van der Waals surface area contributed by atoms with Gasteiger partial charge in [0.1, 0.15) is 0 Å². The van der Waals surface area contributed by atoms with Gasteiger partial charge in [-0.1, -0.05) is 121 Å². The van der Waals surface area contributed by atoms with Crippen LogP contribution in [0.25, 0.3) is 93.2 Å². The number of fused-ring (bicyclic) bond motifs is 11. The highest BCUT2D eigenvalue weighted by Crippen LogP contribution is 2.49. The summed E-state index contributed by atoms with van der Waals surface area (Å²) >= 11 is 0. The Morgan fingerprint density at radius 1 is 0.349 bits per heavy atom. The third-order valence-corrected chi connectivity index (χ3v) is 9.49. The van der Waals surface area contributed by atoms with Gasteiger partial charge in [-0.2, -0.15) is 0 Å². The van der Waals surface area contributed by atoms with Crippen LogP contribution >= 0.6 is 0 Å². The second kappa shape index (κ2) is 8.44. The van der Waals surface area contributed by atoms with Crippen LogP contribution in [-0.2, 0) is 0 Å². The first-order valence-corrected chi connectivity index (χ1v) is 15.0. The molecule has 1 heterocycles. The van der Waals surface area contributed by atoms with Gasteiger partial charge < -0.3 is 4.57 Å². The first-order valence-electron chi connectivity index (χ1n) is 15.0. The summed E-state index contributed by atoms with van der Waals surface area (Å²) in [6.45, 7) is 0. The predicted octanol–water partition coefficient (Wildman–Crippen LogP) is 11.6. The molecule has 0 saturated carbocycles. The molecule has 43 heavy (non-hydrogen) atoms. The van der Waals surface area contributed by atoms with Crippen LogP contribution in [0.15, 0.2) is 152 Å². The van der Waals surface area contributed by atoms with E-state index in [-0.39, 0.29) is 0 Å². The fraction of sp³-hybridized carbons (Fsp3) is 0. The first-order chi connectivity index (χ1) is 21.3. The molecule has 1 aromatic heterocycles. The second-order valence-corrected chi connectivity index (χ2v) is 11.7. The molecule has 0 amide bonds. The molecule has 1 nitrogen and oxygen atoms in total. The molecule has 1 aliphatic rings. The molecule has 0 bridgehead atoms. The van der Waals surface area contributed by atoms with E-state index in [2.05, 4.69) is 156 Å². The summed E-state index contributed by atoms with van der Waals surface area (Å²) in [5.41, 5.74) is 11.5. The van der Waals surface area contributed by atoms with Gasteiger partial charge in [0, 0.05) is 21.8 Å². The summed E-state index contributed by atoms with van der Waals surface area (Å²) in [7, 11) is 0. The third kappa shape index (κ3) is 3.06. The number of para-hydroxylation sites is 1. The summed E-state index contributed by atoms with van der Waals surface area (Å²) in [5, 5.41) is 10.4. The minimum atomic E-state index is 1.18. The highest BCUT2D eigenvalue weighted by Gasteiger charge is 2.23. The maximum atomic E-state index is 2.46. The van der Waals surface area contributed by atoms with Crippen molar-refractivity contribution in [1.29, 1.82) is 0 Å².